The first-order valence-corrected chi connectivity index (χ1v) is 6.45. The zero-order valence-electron chi connectivity index (χ0n) is 7.84. The molecule has 1 aliphatic carbocycles. The highest BCUT2D eigenvalue weighted by molar-refractivity contribution is 9.11. The van der Waals surface area contributed by atoms with E-state index in [1.807, 2.05) is 6.07 Å². The molecule has 0 radical (unpaired) electrons. The summed E-state index contributed by atoms with van der Waals surface area (Å²) in [6.45, 7) is 0. The van der Waals surface area contributed by atoms with Crippen LogP contribution in [-0.2, 0) is 0 Å². The van der Waals surface area contributed by atoms with Crippen molar-refractivity contribution in [1.82, 2.24) is 0 Å². The minimum atomic E-state index is 0.191. The first kappa shape index (κ1) is 10.7. The van der Waals surface area contributed by atoms with Gasteiger partial charge in [0.15, 0.2) is 0 Å². The SMILES string of the molecule is N[C@H](CC1CC1)c1cc(Br)cc(Br)c1. The molecule has 1 aromatic carbocycles. The van der Waals surface area contributed by atoms with E-state index in [4.69, 9.17) is 5.73 Å². The summed E-state index contributed by atoms with van der Waals surface area (Å²) in [5.74, 6) is 0.878. The second-order valence-electron chi connectivity index (χ2n) is 3.99. The number of halogens is 2. The summed E-state index contributed by atoms with van der Waals surface area (Å²) in [6, 6.07) is 6.44. The summed E-state index contributed by atoms with van der Waals surface area (Å²) in [5.41, 5.74) is 7.35. The summed E-state index contributed by atoms with van der Waals surface area (Å²) < 4.78 is 2.18. The molecule has 1 nitrogen and oxygen atoms in total. The maximum atomic E-state index is 6.13. The van der Waals surface area contributed by atoms with Gasteiger partial charge in [-0.05, 0) is 36.1 Å². The van der Waals surface area contributed by atoms with E-state index >= 15 is 0 Å². The lowest BCUT2D eigenvalue weighted by atomic mass is 10.0. The van der Waals surface area contributed by atoms with Crippen LogP contribution < -0.4 is 5.73 Å². The predicted molar refractivity (Wildman–Crippen MR) is 66.1 cm³/mol. The standard InChI is InChI=1S/C11H13Br2N/c12-9-4-8(5-10(13)6-9)11(14)3-7-1-2-7/h4-7,11H,1-3,14H2/t11-/m1/s1. The Morgan fingerprint density at radius 1 is 1.21 bits per heavy atom. The molecule has 2 N–H and O–H groups in total. The van der Waals surface area contributed by atoms with Gasteiger partial charge in [0.05, 0.1) is 0 Å². The Bertz CT molecular complexity index is 314. The van der Waals surface area contributed by atoms with Crippen molar-refractivity contribution in [2.75, 3.05) is 0 Å². The van der Waals surface area contributed by atoms with Gasteiger partial charge < -0.3 is 5.73 Å². The molecule has 1 aromatic rings. The van der Waals surface area contributed by atoms with E-state index in [9.17, 15) is 0 Å². The van der Waals surface area contributed by atoms with Crippen LogP contribution in [-0.4, -0.2) is 0 Å². The van der Waals surface area contributed by atoms with Gasteiger partial charge in [0.25, 0.3) is 0 Å². The maximum Gasteiger partial charge on any atom is 0.0298 e. The Labute approximate surface area is 101 Å². The van der Waals surface area contributed by atoms with Crippen LogP contribution in [0.2, 0.25) is 0 Å². The highest BCUT2D eigenvalue weighted by atomic mass is 79.9. The van der Waals surface area contributed by atoms with E-state index in [1.165, 1.54) is 18.4 Å². The van der Waals surface area contributed by atoms with Crippen molar-refractivity contribution >= 4 is 31.9 Å². The fourth-order valence-corrected chi connectivity index (χ4v) is 2.97. The monoisotopic (exact) mass is 317 g/mol. The molecule has 0 saturated heterocycles. The first-order valence-electron chi connectivity index (χ1n) is 4.87. The number of hydrogen-bond donors (Lipinski definition) is 1. The molecule has 1 aliphatic rings. The highest BCUT2D eigenvalue weighted by Crippen LogP contribution is 2.37. The summed E-state index contributed by atoms with van der Waals surface area (Å²) in [7, 11) is 0. The lowest BCUT2D eigenvalue weighted by Gasteiger charge is -2.12. The Morgan fingerprint density at radius 3 is 2.29 bits per heavy atom. The van der Waals surface area contributed by atoms with Gasteiger partial charge in [0.1, 0.15) is 0 Å². The molecule has 0 spiro atoms. The Balaban J connectivity index is 2.12. The lowest BCUT2D eigenvalue weighted by molar-refractivity contribution is 0.596. The molecule has 76 valence electrons. The average molecular weight is 319 g/mol. The van der Waals surface area contributed by atoms with E-state index in [2.05, 4.69) is 44.0 Å². The summed E-state index contributed by atoms with van der Waals surface area (Å²) >= 11 is 6.96. The molecule has 0 amide bonds. The van der Waals surface area contributed by atoms with Crippen molar-refractivity contribution < 1.29 is 0 Å². The molecule has 1 fully saturated rings. The van der Waals surface area contributed by atoms with Gasteiger partial charge in [-0.25, -0.2) is 0 Å². The molecule has 0 heterocycles. The van der Waals surface area contributed by atoms with Gasteiger partial charge in [-0.15, -0.1) is 0 Å². The van der Waals surface area contributed by atoms with Crippen molar-refractivity contribution in [1.29, 1.82) is 0 Å². The molecule has 3 heteroatoms. The van der Waals surface area contributed by atoms with E-state index in [-0.39, 0.29) is 6.04 Å². The van der Waals surface area contributed by atoms with Gasteiger partial charge >= 0.3 is 0 Å². The summed E-state index contributed by atoms with van der Waals surface area (Å²) in [6.07, 6.45) is 3.86. The van der Waals surface area contributed by atoms with Crippen LogP contribution in [0.1, 0.15) is 30.9 Å². The lowest BCUT2D eigenvalue weighted by Crippen LogP contribution is -2.10. The largest absolute Gasteiger partial charge is 0.324 e. The maximum absolute atomic E-state index is 6.13. The fraction of sp³-hybridized carbons (Fsp3) is 0.455. The van der Waals surface area contributed by atoms with E-state index in [0.29, 0.717) is 0 Å². The number of rotatable bonds is 3. The van der Waals surface area contributed by atoms with Gasteiger partial charge in [0.2, 0.25) is 0 Å². The van der Waals surface area contributed by atoms with E-state index < -0.39 is 0 Å². The quantitative estimate of drug-likeness (QED) is 0.895. The second kappa shape index (κ2) is 4.33. The van der Waals surface area contributed by atoms with Crippen LogP contribution >= 0.6 is 31.9 Å². The van der Waals surface area contributed by atoms with E-state index in [0.717, 1.165) is 21.3 Å². The van der Waals surface area contributed by atoms with E-state index in [1.54, 1.807) is 0 Å². The molecular weight excluding hydrogens is 306 g/mol. The smallest absolute Gasteiger partial charge is 0.0298 e. The Morgan fingerprint density at radius 2 is 1.79 bits per heavy atom. The van der Waals surface area contributed by atoms with Crippen molar-refractivity contribution in [3.05, 3.63) is 32.7 Å². The molecular formula is C11H13Br2N. The molecule has 0 aliphatic heterocycles. The molecule has 2 rings (SSSR count). The third-order valence-corrected chi connectivity index (χ3v) is 3.51. The number of hydrogen-bond acceptors (Lipinski definition) is 1. The van der Waals surface area contributed by atoms with Crippen LogP contribution in [0.3, 0.4) is 0 Å². The Hall–Kier alpha value is 0.140. The number of benzene rings is 1. The summed E-state index contributed by atoms with van der Waals surface area (Å²) in [4.78, 5) is 0. The first-order chi connectivity index (χ1) is 6.65. The second-order valence-corrected chi connectivity index (χ2v) is 5.82. The number of nitrogens with two attached hydrogens (primary N) is 1. The normalized spacial score (nSPS) is 18.2. The van der Waals surface area contributed by atoms with Gasteiger partial charge in [0, 0.05) is 15.0 Å². The predicted octanol–water partition coefficient (Wildman–Crippen LogP) is 4.01. The van der Waals surface area contributed by atoms with Gasteiger partial charge in [-0.3, -0.25) is 0 Å². The topological polar surface area (TPSA) is 26.0 Å². The zero-order valence-corrected chi connectivity index (χ0v) is 11.0. The molecule has 0 unspecified atom stereocenters. The van der Waals surface area contributed by atoms with Crippen LogP contribution in [0.25, 0.3) is 0 Å². The minimum Gasteiger partial charge on any atom is -0.324 e. The van der Waals surface area contributed by atoms with Gasteiger partial charge in [-0.2, -0.15) is 0 Å². The summed E-state index contributed by atoms with van der Waals surface area (Å²) in [5, 5.41) is 0. The molecule has 14 heavy (non-hydrogen) atoms. The molecule has 1 saturated carbocycles. The van der Waals surface area contributed by atoms with Crippen molar-refractivity contribution in [3.63, 3.8) is 0 Å². The van der Waals surface area contributed by atoms with Crippen molar-refractivity contribution in [3.8, 4) is 0 Å². The fourth-order valence-electron chi connectivity index (χ4n) is 1.64. The third kappa shape index (κ3) is 2.81. The Kier molecular flexibility index (Phi) is 3.30. The van der Waals surface area contributed by atoms with Crippen LogP contribution in [0.4, 0.5) is 0 Å². The highest BCUT2D eigenvalue weighted by Gasteiger charge is 2.24. The average Bonchev–Trinajstić information content (AvgIpc) is 2.86. The molecule has 1 atom stereocenters. The minimum absolute atomic E-state index is 0.191. The van der Waals surface area contributed by atoms with Crippen molar-refractivity contribution in [2.45, 2.75) is 25.3 Å². The molecule has 0 aromatic heterocycles. The third-order valence-electron chi connectivity index (χ3n) is 2.60. The van der Waals surface area contributed by atoms with Crippen LogP contribution in [0.5, 0.6) is 0 Å². The van der Waals surface area contributed by atoms with Gasteiger partial charge in [-0.1, -0.05) is 44.7 Å². The van der Waals surface area contributed by atoms with Crippen LogP contribution in [0, 0.1) is 5.92 Å². The molecule has 0 bridgehead atoms. The van der Waals surface area contributed by atoms with Crippen molar-refractivity contribution in [2.24, 2.45) is 11.7 Å². The van der Waals surface area contributed by atoms with Crippen LogP contribution in [0.15, 0.2) is 27.1 Å². The zero-order chi connectivity index (χ0) is 10.1.